The Kier molecular flexibility index (Phi) is 3.49. The van der Waals surface area contributed by atoms with Gasteiger partial charge in [0.25, 0.3) is 0 Å². The van der Waals surface area contributed by atoms with Crippen molar-refractivity contribution < 1.29 is 9.53 Å². The summed E-state index contributed by atoms with van der Waals surface area (Å²) in [7, 11) is 1.42. The summed E-state index contributed by atoms with van der Waals surface area (Å²) >= 11 is 0. The Hall–Kier alpha value is -0.610. The van der Waals surface area contributed by atoms with E-state index in [0.29, 0.717) is 12.5 Å². The van der Waals surface area contributed by atoms with Gasteiger partial charge in [0.05, 0.1) is 7.11 Å². The highest BCUT2D eigenvalue weighted by molar-refractivity contribution is 5.69. The van der Waals surface area contributed by atoms with E-state index in [0.717, 1.165) is 26.1 Å². The number of methoxy groups -OCH3 is 1. The van der Waals surface area contributed by atoms with Crippen molar-refractivity contribution in [1.82, 2.24) is 4.90 Å². The van der Waals surface area contributed by atoms with Crippen molar-refractivity contribution in [3.8, 4) is 0 Å². The Morgan fingerprint density at radius 2 is 2.33 bits per heavy atom. The highest BCUT2D eigenvalue weighted by atomic mass is 16.5. The average Bonchev–Trinajstić information content (AvgIpc) is 2.01. The van der Waals surface area contributed by atoms with Crippen LogP contribution < -0.4 is 5.73 Å². The Morgan fingerprint density at radius 1 is 1.67 bits per heavy atom. The van der Waals surface area contributed by atoms with Crippen LogP contribution in [0, 0.1) is 0 Å². The Morgan fingerprint density at radius 3 is 2.83 bits per heavy atom. The number of rotatable bonds is 4. The zero-order valence-electron chi connectivity index (χ0n) is 7.45. The molecule has 70 valence electrons. The maximum absolute atomic E-state index is 10.7. The van der Waals surface area contributed by atoms with Gasteiger partial charge < -0.3 is 15.4 Å². The minimum absolute atomic E-state index is 0.125. The third-order valence-electron chi connectivity index (χ3n) is 2.07. The van der Waals surface area contributed by atoms with E-state index >= 15 is 0 Å². The maximum Gasteiger partial charge on any atom is 0.305 e. The van der Waals surface area contributed by atoms with Gasteiger partial charge in [-0.25, -0.2) is 0 Å². The first-order valence-corrected chi connectivity index (χ1v) is 4.27. The lowest BCUT2D eigenvalue weighted by Crippen LogP contribution is -2.55. The Balaban J connectivity index is 1.93. The zero-order valence-corrected chi connectivity index (χ0v) is 7.45. The first kappa shape index (κ1) is 9.48. The molecule has 12 heavy (non-hydrogen) atoms. The van der Waals surface area contributed by atoms with Gasteiger partial charge >= 0.3 is 5.97 Å². The lowest BCUT2D eigenvalue weighted by Gasteiger charge is -2.36. The van der Waals surface area contributed by atoms with E-state index < -0.39 is 0 Å². The summed E-state index contributed by atoms with van der Waals surface area (Å²) in [5, 5.41) is 0. The molecule has 0 unspecified atom stereocenters. The van der Waals surface area contributed by atoms with Gasteiger partial charge in [0.1, 0.15) is 0 Å². The maximum atomic E-state index is 10.7. The lowest BCUT2D eigenvalue weighted by molar-refractivity contribution is -0.140. The minimum Gasteiger partial charge on any atom is -0.469 e. The van der Waals surface area contributed by atoms with Gasteiger partial charge in [-0.2, -0.15) is 0 Å². The van der Waals surface area contributed by atoms with Crippen molar-refractivity contribution >= 4 is 5.97 Å². The second-order valence-electron chi connectivity index (χ2n) is 3.20. The molecule has 0 saturated carbocycles. The molecule has 0 aromatic carbocycles. The summed E-state index contributed by atoms with van der Waals surface area (Å²) < 4.78 is 4.52. The molecule has 0 atom stereocenters. The first-order chi connectivity index (χ1) is 5.72. The van der Waals surface area contributed by atoms with Crippen LogP contribution in [0.3, 0.4) is 0 Å². The molecular formula is C8H16N2O2. The molecule has 4 nitrogen and oxygen atoms in total. The number of carbonyl (C=O) groups is 1. The van der Waals surface area contributed by atoms with Crippen LogP contribution in [-0.2, 0) is 9.53 Å². The number of nitrogens with zero attached hydrogens (tertiary/aromatic N) is 1. The topological polar surface area (TPSA) is 55.6 Å². The number of hydrogen-bond acceptors (Lipinski definition) is 4. The highest BCUT2D eigenvalue weighted by Gasteiger charge is 2.21. The molecule has 1 rings (SSSR count). The van der Waals surface area contributed by atoms with E-state index in [2.05, 4.69) is 9.64 Å². The molecule has 1 fully saturated rings. The summed E-state index contributed by atoms with van der Waals surface area (Å²) in [6, 6.07) is 0.350. The third-order valence-corrected chi connectivity index (χ3v) is 2.07. The molecule has 0 aliphatic carbocycles. The summed E-state index contributed by atoms with van der Waals surface area (Å²) in [6.45, 7) is 2.91. The Bertz CT molecular complexity index is 155. The molecule has 0 amide bonds. The van der Waals surface area contributed by atoms with E-state index in [-0.39, 0.29) is 5.97 Å². The summed E-state index contributed by atoms with van der Waals surface area (Å²) in [4.78, 5) is 12.9. The van der Waals surface area contributed by atoms with Gasteiger partial charge in [-0.1, -0.05) is 0 Å². The quantitative estimate of drug-likeness (QED) is 0.585. The van der Waals surface area contributed by atoms with Crippen molar-refractivity contribution in [2.75, 3.05) is 26.7 Å². The highest BCUT2D eigenvalue weighted by Crippen LogP contribution is 2.06. The fraction of sp³-hybridized carbons (Fsp3) is 0.875. The third kappa shape index (κ3) is 2.79. The van der Waals surface area contributed by atoms with E-state index in [1.807, 2.05) is 0 Å². The van der Waals surface area contributed by atoms with Gasteiger partial charge in [-0.3, -0.25) is 4.79 Å². The second-order valence-corrected chi connectivity index (χ2v) is 3.20. The van der Waals surface area contributed by atoms with Crippen LogP contribution in [0.1, 0.15) is 12.8 Å². The molecule has 0 spiro atoms. The predicted octanol–water partition coefficient (Wildman–Crippen LogP) is -0.417. The number of carbonyl (C=O) groups excluding carboxylic acids is 1. The van der Waals surface area contributed by atoms with Crippen LogP contribution in [-0.4, -0.2) is 43.7 Å². The van der Waals surface area contributed by atoms with Crippen molar-refractivity contribution in [2.24, 2.45) is 5.73 Å². The summed E-state index contributed by atoms with van der Waals surface area (Å²) in [6.07, 6.45) is 1.39. The summed E-state index contributed by atoms with van der Waals surface area (Å²) in [5.41, 5.74) is 5.59. The molecule has 0 bridgehead atoms. The molecule has 1 heterocycles. The second kappa shape index (κ2) is 4.42. The number of nitrogens with two attached hydrogens (primary N) is 1. The number of likely N-dealkylation sites (tertiary alicyclic amines) is 1. The number of hydrogen-bond donors (Lipinski definition) is 1. The number of esters is 1. The SMILES string of the molecule is COC(=O)CCCN1CC(N)C1. The molecule has 0 aromatic heterocycles. The van der Waals surface area contributed by atoms with Gasteiger partial charge in [-0.15, -0.1) is 0 Å². The van der Waals surface area contributed by atoms with Crippen molar-refractivity contribution in [3.05, 3.63) is 0 Å². The molecule has 0 radical (unpaired) electrons. The zero-order chi connectivity index (χ0) is 8.97. The van der Waals surface area contributed by atoms with Crippen LogP contribution in [0.5, 0.6) is 0 Å². The molecule has 0 aromatic rings. The smallest absolute Gasteiger partial charge is 0.305 e. The summed E-state index contributed by atoms with van der Waals surface area (Å²) in [5.74, 6) is -0.125. The van der Waals surface area contributed by atoms with Gasteiger partial charge in [-0.05, 0) is 13.0 Å². The normalized spacial score (nSPS) is 18.8. The largest absolute Gasteiger partial charge is 0.469 e. The van der Waals surface area contributed by atoms with Gasteiger partial charge in [0.2, 0.25) is 0 Å². The minimum atomic E-state index is -0.125. The van der Waals surface area contributed by atoms with Crippen LogP contribution in [0.2, 0.25) is 0 Å². The average molecular weight is 172 g/mol. The molecule has 1 aliphatic rings. The van der Waals surface area contributed by atoms with Crippen molar-refractivity contribution in [2.45, 2.75) is 18.9 Å². The van der Waals surface area contributed by atoms with E-state index in [4.69, 9.17) is 5.73 Å². The predicted molar refractivity (Wildman–Crippen MR) is 45.7 cm³/mol. The van der Waals surface area contributed by atoms with Crippen molar-refractivity contribution in [3.63, 3.8) is 0 Å². The fourth-order valence-corrected chi connectivity index (χ4v) is 1.34. The Labute approximate surface area is 72.7 Å². The van der Waals surface area contributed by atoms with Crippen LogP contribution in [0.25, 0.3) is 0 Å². The molecule has 1 aliphatic heterocycles. The standard InChI is InChI=1S/C8H16N2O2/c1-12-8(11)3-2-4-10-5-7(9)6-10/h7H,2-6,9H2,1H3. The van der Waals surface area contributed by atoms with Crippen LogP contribution in [0.15, 0.2) is 0 Å². The first-order valence-electron chi connectivity index (χ1n) is 4.27. The molecule has 1 saturated heterocycles. The van der Waals surface area contributed by atoms with Crippen LogP contribution >= 0.6 is 0 Å². The van der Waals surface area contributed by atoms with Crippen molar-refractivity contribution in [1.29, 1.82) is 0 Å². The fourth-order valence-electron chi connectivity index (χ4n) is 1.34. The lowest BCUT2D eigenvalue weighted by atomic mass is 10.1. The van der Waals surface area contributed by atoms with Crippen LogP contribution in [0.4, 0.5) is 0 Å². The molecular weight excluding hydrogens is 156 g/mol. The van der Waals surface area contributed by atoms with E-state index in [1.54, 1.807) is 0 Å². The van der Waals surface area contributed by atoms with Gasteiger partial charge in [0, 0.05) is 25.6 Å². The van der Waals surface area contributed by atoms with E-state index in [9.17, 15) is 4.79 Å². The molecule has 2 N–H and O–H groups in total. The number of ether oxygens (including phenoxy) is 1. The van der Waals surface area contributed by atoms with Gasteiger partial charge in [0.15, 0.2) is 0 Å². The molecule has 4 heteroatoms. The monoisotopic (exact) mass is 172 g/mol. The van der Waals surface area contributed by atoms with E-state index in [1.165, 1.54) is 7.11 Å².